The molecule has 3 heterocycles. The van der Waals surface area contributed by atoms with Crippen LogP contribution in [0.3, 0.4) is 0 Å². The minimum Gasteiger partial charge on any atom is -0.359 e. The highest BCUT2D eigenvalue weighted by molar-refractivity contribution is 6.22. The SMILES string of the molecule is c1ccc(C2=NC(c3ccccc3)NC(c3ccc(-c4ccc(C5Nc6c(c7cnccc7c7ccccc67)N5c5ccccc5)cc4)cc3)N2)cc1. The number of anilines is 3. The van der Waals surface area contributed by atoms with Crippen LogP contribution in [0.2, 0.25) is 0 Å². The van der Waals surface area contributed by atoms with Gasteiger partial charge in [0, 0.05) is 34.4 Å². The molecule has 3 atom stereocenters. The van der Waals surface area contributed by atoms with Gasteiger partial charge in [-0.1, -0.05) is 152 Å². The Morgan fingerprint density at radius 1 is 0.472 bits per heavy atom. The van der Waals surface area contributed by atoms with Crippen LogP contribution in [0.4, 0.5) is 17.1 Å². The number of pyridine rings is 1. The zero-order valence-electron chi connectivity index (χ0n) is 28.9. The summed E-state index contributed by atoms with van der Waals surface area (Å²) in [6, 6.07) is 60.0. The normalized spacial score (nSPS) is 17.9. The number of aromatic nitrogens is 1. The highest BCUT2D eigenvalue weighted by Gasteiger charge is 2.34. The summed E-state index contributed by atoms with van der Waals surface area (Å²) < 4.78 is 0. The molecule has 6 nitrogen and oxygen atoms in total. The van der Waals surface area contributed by atoms with Gasteiger partial charge in [0.05, 0.1) is 11.4 Å². The van der Waals surface area contributed by atoms with Crippen molar-refractivity contribution in [1.82, 2.24) is 15.6 Å². The Kier molecular flexibility index (Phi) is 7.66. The fourth-order valence-electron chi connectivity index (χ4n) is 7.85. The molecule has 3 N–H and O–H groups in total. The van der Waals surface area contributed by atoms with Crippen molar-refractivity contribution >= 4 is 44.4 Å². The van der Waals surface area contributed by atoms with E-state index in [4.69, 9.17) is 4.99 Å². The number of hydrogen-bond donors (Lipinski definition) is 3. The maximum Gasteiger partial charge on any atom is 0.131 e. The fourth-order valence-corrected chi connectivity index (χ4v) is 7.85. The molecule has 0 saturated heterocycles. The smallest absolute Gasteiger partial charge is 0.131 e. The molecule has 254 valence electrons. The van der Waals surface area contributed by atoms with E-state index in [1.165, 1.54) is 32.8 Å². The lowest BCUT2D eigenvalue weighted by Gasteiger charge is -2.32. The molecule has 7 aromatic carbocycles. The Labute approximate surface area is 308 Å². The minimum atomic E-state index is -0.164. The van der Waals surface area contributed by atoms with Crippen LogP contribution < -0.4 is 20.9 Å². The second-order valence-electron chi connectivity index (χ2n) is 13.6. The van der Waals surface area contributed by atoms with Crippen molar-refractivity contribution in [3.05, 3.63) is 205 Å². The third-order valence-corrected chi connectivity index (χ3v) is 10.4. The van der Waals surface area contributed by atoms with Crippen LogP contribution in [0.25, 0.3) is 32.7 Å². The number of nitrogens with zero attached hydrogens (tertiary/aromatic N) is 3. The lowest BCUT2D eigenvalue weighted by molar-refractivity contribution is 0.409. The zero-order valence-corrected chi connectivity index (χ0v) is 28.9. The van der Waals surface area contributed by atoms with Gasteiger partial charge in [0.25, 0.3) is 0 Å². The summed E-state index contributed by atoms with van der Waals surface area (Å²) in [4.78, 5) is 12.1. The molecule has 8 aromatic rings. The maximum absolute atomic E-state index is 5.05. The van der Waals surface area contributed by atoms with Gasteiger partial charge in [-0.3, -0.25) is 10.3 Å². The number of fused-ring (bicyclic) bond motifs is 6. The predicted molar refractivity (Wildman–Crippen MR) is 217 cm³/mol. The molecule has 0 bridgehead atoms. The van der Waals surface area contributed by atoms with Gasteiger partial charge < -0.3 is 15.5 Å². The second-order valence-corrected chi connectivity index (χ2v) is 13.6. The van der Waals surface area contributed by atoms with E-state index in [9.17, 15) is 0 Å². The summed E-state index contributed by atoms with van der Waals surface area (Å²) in [6.07, 6.45) is 3.52. The van der Waals surface area contributed by atoms with Crippen molar-refractivity contribution in [2.75, 3.05) is 10.2 Å². The van der Waals surface area contributed by atoms with Gasteiger partial charge in [-0.05, 0) is 56.8 Å². The van der Waals surface area contributed by atoms with Crippen LogP contribution in [0, 0.1) is 0 Å². The monoisotopic (exact) mass is 684 g/mol. The van der Waals surface area contributed by atoms with Gasteiger partial charge in [0.2, 0.25) is 0 Å². The molecule has 3 unspecified atom stereocenters. The Morgan fingerprint density at radius 2 is 1.08 bits per heavy atom. The van der Waals surface area contributed by atoms with Crippen molar-refractivity contribution in [3.8, 4) is 11.1 Å². The summed E-state index contributed by atoms with van der Waals surface area (Å²) in [6.45, 7) is 0. The highest BCUT2D eigenvalue weighted by atomic mass is 15.3. The van der Waals surface area contributed by atoms with E-state index in [0.717, 1.165) is 45.0 Å². The van der Waals surface area contributed by atoms with Crippen LogP contribution in [-0.4, -0.2) is 10.8 Å². The summed E-state index contributed by atoms with van der Waals surface area (Å²) in [5, 5.41) is 16.1. The van der Waals surface area contributed by atoms with Crippen LogP contribution in [0.15, 0.2) is 187 Å². The van der Waals surface area contributed by atoms with E-state index in [1.807, 2.05) is 24.5 Å². The van der Waals surface area contributed by atoms with Crippen molar-refractivity contribution in [2.45, 2.75) is 18.5 Å². The van der Waals surface area contributed by atoms with E-state index in [2.05, 4.69) is 184 Å². The number of benzene rings is 7. The van der Waals surface area contributed by atoms with E-state index in [0.29, 0.717) is 0 Å². The van der Waals surface area contributed by atoms with Crippen LogP contribution in [-0.2, 0) is 0 Å². The molecule has 2 aliphatic heterocycles. The standard InChI is InChI=1S/C47H36N6/c1-4-12-33(13-5-1)44-50-45(34-14-6-2-7-15-34)52-46(51-44)35-24-20-31(21-25-35)32-22-26-36(27-23-32)47-49-42-40-19-11-10-18-38(40)39-28-29-48-30-41(39)43(42)53(47)37-16-8-3-9-17-37/h1-30,44,46-47,49,51H,(H,50,52). The lowest BCUT2D eigenvalue weighted by Crippen LogP contribution is -2.44. The molecule has 0 spiro atoms. The van der Waals surface area contributed by atoms with Gasteiger partial charge in [-0.25, -0.2) is 4.99 Å². The molecular weight excluding hydrogens is 649 g/mol. The summed E-state index contributed by atoms with van der Waals surface area (Å²) >= 11 is 0. The largest absolute Gasteiger partial charge is 0.359 e. The predicted octanol–water partition coefficient (Wildman–Crippen LogP) is 10.7. The molecule has 0 aliphatic carbocycles. The van der Waals surface area contributed by atoms with Crippen molar-refractivity contribution < 1.29 is 0 Å². The first kappa shape index (κ1) is 31.0. The Morgan fingerprint density at radius 3 is 1.79 bits per heavy atom. The highest BCUT2D eigenvalue weighted by Crippen LogP contribution is 2.53. The number of aliphatic imine (C=N–C) groups is 1. The molecule has 0 radical (unpaired) electrons. The van der Waals surface area contributed by atoms with E-state index in [1.54, 1.807) is 0 Å². The van der Waals surface area contributed by atoms with Gasteiger partial charge in [0.1, 0.15) is 24.3 Å². The molecule has 0 amide bonds. The van der Waals surface area contributed by atoms with Crippen molar-refractivity contribution in [3.63, 3.8) is 0 Å². The van der Waals surface area contributed by atoms with Gasteiger partial charge >= 0.3 is 0 Å². The van der Waals surface area contributed by atoms with Crippen molar-refractivity contribution in [1.29, 1.82) is 0 Å². The van der Waals surface area contributed by atoms with Crippen LogP contribution in [0.1, 0.15) is 40.8 Å². The average Bonchev–Trinajstić information content (AvgIpc) is 3.66. The molecule has 0 fully saturated rings. The summed E-state index contributed by atoms with van der Waals surface area (Å²) in [7, 11) is 0. The fraction of sp³-hybridized carbons (Fsp3) is 0.0638. The molecule has 6 heteroatoms. The maximum atomic E-state index is 5.05. The summed E-state index contributed by atoms with van der Waals surface area (Å²) in [5.74, 6) is 0.882. The number of hydrogen-bond acceptors (Lipinski definition) is 6. The third kappa shape index (κ3) is 5.57. The van der Waals surface area contributed by atoms with E-state index in [-0.39, 0.29) is 18.5 Å². The first-order valence-electron chi connectivity index (χ1n) is 18.1. The minimum absolute atomic E-state index is 0.0977. The van der Waals surface area contributed by atoms with Crippen molar-refractivity contribution in [2.24, 2.45) is 4.99 Å². The summed E-state index contributed by atoms with van der Waals surface area (Å²) in [5.41, 5.74) is 10.3. The lowest BCUT2D eigenvalue weighted by atomic mass is 9.99. The molecule has 1 aromatic heterocycles. The Hall–Kier alpha value is -6.76. The van der Waals surface area contributed by atoms with E-state index < -0.39 is 0 Å². The number of para-hydroxylation sites is 1. The Balaban J connectivity index is 0.963. The molecular formula is C47H36N6. The first-order chi connectivity index (χ1) is 26.3. The van der Waals surface area contributed by atoms with Gasteiger partial charge in [0.15, 0.2) is 0 Å². The molecule has 2 aliphatic rings. The number of amidine groups is 1. The van der Waals surface area contributed by atoms with Crippen LogP contribution >= 0.6 is 0 Å². The second kappa shape index (κ2) is 13.1. The number of nitrogens with one attached hydrogen (secondary N) is 3. The molecule has 53 heavy (non-hydrogen) atoms. The Bertz CT molecular complexity index is 2590. The van der Waals surface area contributed by atoms with E-state index >= 15 is 0 Å². The first-order valence-corrected chi connectivity index (χ1v) is 18.1. The number of rotatable bonds is 6. The zero-order chi connectivity index (χ0) is 35.1. The topological polar surface area (TPSA) is 64.6 Å². The molecule has 10 rings (SSSR count). The quantitative estimate of drug-likeness (QED) is 0.152. The third-order valence-electron chi connectivity index (χ3n) is 10.4. The molecule has 0 saturated carbocycles. The van der Waals surface area contributed by atoms with Gasteiger partial charge in [-0.15, -0.1) is 0 Å². The average molecular weight is 685 g/mol. The van der Waals surface area contributed by atoms with Gasteiger partial charge in [-0.2, -0.15) is 0 Å². The van der Waals surface area contributed by atoms with Crippen LogP contribution in [0.5, 0.6) is 0 Å².